The van der Waals surface area contributed by atoms with Crippen LogP contribution >= 0.6 is 0 Å². The van der Waals surface area contributed by atoms with Crippen LogP contribution in [0.5, 0.6) is 0 Å². The molecule has 3 N–H and O–H groups in total. The molecule has 2 heterocycles. The van der Waals surface area contributed by atoms with Crippen LogP contribution < -0.4 is 11.1 Å². The van der Waals surface area contributed by atoms with Crippen molar-refractivity contribution in [3.05, 3.63) is 109 Å². The van der Waals surface area contributed by atoms with Gasteiger partial charge in [0.2, 0.25) is 0 Å². The third-order valence-corrected chi connectivity index (χ3v) is 5.09. The lowest BCUT2D eigenvalue weighted by Crippen LogP contribution is -2.16. The van der Waals surface area contributed by atoms with Gasteiger partial charge in [-0.15, -0.1) is 0 Å². The number of anilines is 2. The summed E-state index contributed by atoms with van der Waals surface area (Å²) in [6.45, 7) is 0. The smallest absolute Gasteiger partial charge is 0.167 e. The van der Waals surface area contributed by atoms with Crippen molar-refractivity contribution in [2.75, 3.05) is 11.1 Å². The number of nitrogens with one attached hydrogen (secondary N) is 1. The van der Waals surface area contributed by atoms with Crippen molar-refractivity contribution in [1.82, 2.24) is 19.5 Å². The van der Waals surface area contributed by atoms with Gasteiger partial charge >= 0.3 is 0 Å². The van der Waals surface area contributed by atoms with Crippen molar-refractivity contribution in [3.63, 3.8) is 0 Å². The zero-order valence-corrected chi connectivity index (χ0v) is 16.2. The molecular weight excluding hydrogens is 372 g/mol. The van der Waals surface area contributed by atoms with Crippen LogP contribution in [0.1, 0.15) is 17.2 Å². The largest absolute Gasteiger partial charge is 0.393 e. The SMILES string of the molecule is Nc1c(NC(c2ccccc2)c2ccccc2)ncnc1-n1cnc2ccccc21. The Morgan fingerprint density at radius 3 is 2.07 bits per heavy atom. The number of nitrogens with zero attached hydrogens (tertiary/aromatic N) is 4. The Labute approximate surface area is 174 Å². The molecule has 0 amide bonds. The molecule has 6 heteroatoms. The first-order chi connectivity index (χ1) is 14.8. The Hall–Kier alpha value is -4.19. The number of para-hydroxylation sites is 2. The van der Waals surface area contributed by atoms with E-state index in [1.165, 1.54) is 6.33 Å². The van der Waals surface area contributed by atoms with E-state index >= 15 is 0 Å². The van der Waals surface area contributed by atoms with Crippen molar-refractivity contribution in [3.8, 4) is 5.82 Å². The highest BCUT2D eigenvalue weighted by atomic mass is 15.2. The summed E-state index contributed by atoms with van der Waals surface area (Å²) < 4.78 is 1.89. The molecule has 5 rings (SSSR count). The second kappa shape index (κ2) is 7.67. The lowest BCUT2D eigenvalue weighted by Gasteiger charge is -2.22. The van der Waals surface area contributed by atoms with Gasteiger partial charge in [-0.3, -0.25) is 4.57 Å². The summed E-state index contributed by atoms with van der Waals surface area (Å²) in [4.78, 5) is 13.3. The van der Waals surface area contributed by atoms with Gasteiger partial charge < -0.3 is 11.1 Å². The number of hydrogen-bond donors (Lipinski definition) is 2. The third kappa shape index (κ3) is 3.24. The van der Waals surface area contributed by atoms with Crippen LogP contribution in [-0.4, -0.2) is 19.5 Å². The standard InChI is InChI=1S/C24H20N6/c25-21-23(26-15-27-24(21)30-16-28-19-13-7-8-14-20(19)30)29-22(17-9-3-1-4-10-17)18-11-5-2-6-12-18/h1-16,22H,25H2,(H,26,27,29). The Morgan fingerprint density at radius 2 is 1.37 bits per heavy atom. The van der Waals surface area contributed by atoms with E-state index in [0.29, 0.717) is 17.3 Å². The van der Waals surface area contributed by atoms with Crippen LogP contribution in [0.3, 0.4) is 0 Å². The molecular formula is C24H20N6. The van der Waals surface area contributed by atoms with Gasteiger partial charge in [0.15, 0.2) is 11.6 Å². The topological polar surface area (TPSA) is 81.6 Å². The van der Waals surface area contributed by atoms with Crippen molar-refractivity contribution < 1.29 is 0 Å². The third-order valence-electron chi connectivity index (χ3n) is 5.09. The number of hydrogen-bond acceptors (Lipinski definition) is 5. The van der Waals surface area contributed by atoms with E-state index in [9.17, 15) is 0 Å². The van der Waals surface area contributed by atoms with Crippen LogP contribution in [0.4, 0.5) is 11.5 Å². The average molecular weight is 392 g/mol. The summed E-state index contributed by atoms with van der Waals surface area (Å²) in [5, 5.41) is 3.52. The summed E-state index contributed by atoms with van der Waals surface area (Å²) in [6.07, 6.45) is 3.26. The molecule has 0 unspecified atom stereocenters. The van der Waals surface area contributed by atoms with E-state index in [-0.39, 0.29) is 6.04 Å². The van der Waals surface area contributed by atoms with Gasteiger partial charge in [-0.05, 0) is 23.3 Å². The molecule has 0 aliphatic heterocycles. The zero-order valence-electron chi connectivity index (χ0n) is 16.2. The summed E-state index contributed by atoms with van der Waals surface area (Å²) in [6, 6.07) is 28.3. The predicted molar refractivity (Wildman–Crippen MR) is 119 cm³/mol. The summed E-state index contributed by atoms with van der Waals surface area (Å²) in [5.74, 6) is 1.18. The maximum Gasteiger partial charge on any atom is 0.167 e. The quantitative estimate of drug-likeness (QED) is 0.457. The minimum Gasteiger partial charge on any atom is -0.393 e. The molecule has 6 nitrogen and oxygen atoms in total. The van der Waals surface area contributed by atoms with Crippen LogP contribution in [0.2, 0.25) is 0 Å². The van der Waals surface area contributed by atoms with E-state index in [2.05, 4.69) is 44.5 Å². The van der Waals surface area contributed by atoms with E-state index in [0.717, 1.165) is 22.2 Å². The Kier molecular flexibility index (Phi) is 4.57. The molecule has 0 aliphatic carbocycles. The van der Waals surface area contributed by atoms with E-state index < -0.39 is 0 Å². The first-order valence-corrected chi connectivity index (χ1v) is 9.70. The molecule has 0 aliphatic rings. The maximum atomic E-state index is 6.53. The minimum atomic E-state index is -0.100. The molecule has 0 spiro atoms. The average Bonchev–Trinajstić information content (AvgIpc) is 3.24. The van der Waals surface area contributed by atoms with Gasteiger partial charge in [-0.2, -0.15) is 0 Å². The van der Waals surface area contributed by atoms with E-state index in [1.807, 2.05) is 65.2 Å². The number of benzene rings is 3. The molecule has 146 valence electrons. The molecule has 0 atom stereocenters. The van der Waals surface area contributed by atoms with Crippen molar-refractivity contribution in [2.24, 2.45) is 0 Å². The van der Waals surface area contributed by atoms with Crippen LogP contribution in [-0.2, 0) is 0 Å². The van der Waals surface area contributed by atoms with Crippen molar-refractivity contribution >= 4 is 22.5 Å². The van der Waals surface area contributed by atoms with E-state index in [4.69, 9.17) is 5.73 Å². The fourth-order valence-electron chi connectivity index (χ4n) is 3.61. The number of rotatable bonds is 5. The first kappa shape index (κ1) is 17.9. The normalized spacial score (nSPS) is 11.1. The first-order valence-electron chi connectivity index (χ1n) is 9.70. The molecule has 2 aromatic heterocycles. The summed E-state index contributed by atoms with van der Waals surface area (Å²) in [5.41, 5.74) is 11.1. The van der Waals surface area contributed by atoms with E-state index in [1.54, 1.807) is 6.33 Å². The lowest BCUT2D eigenvalue weighted by atomic mass is 9.99. The second-order valence-electron chi connectivity index (χ2n) is 6.96. The van der Waals surface area contributed by atoms with Crippen molar-refractivity contribution in [2.45, 2.75) is 6.04 Å². The lowest BCUT2D eigenvalue weighted by molar-refractivity contribution is 0.916. The Bertz CT molecular complexity index is 1240. The monoisotopic (exact) mass is 392 g/mol. The van der Waals surface area contributed by atoms with Gasteiger partial charge in [-0.25, -0.2) is 15.0 Å². The summed E-state index contributed by atoms with van der Waals surface area (Å²) >= 11 is 0. The molecule has 0 radical (unpaired) electrons. The van der Waals surface area contributed by atoms with Crippen LogP contribution in [0.15, 0.2) is 97.6 Å². The summed E-state index contributed by atoms with van der Waals surface area (Å²) in [7, 11) is 0. The molecule has 0 saturated heterocycles. The minimum absolute atomic E-state index is 0.100. The van der Waals surface area contributed by atoms with Gasteiger partial charge in [0.25, 0.3) is 0 Å². The van der Waals surface area contributed by atoms with Gasteiger partial charge in [-0.1, -0.05) is 72.8 Å². The number of imidazole rings is 1. The zero-order chi connectivity index (χ0) is 20.3. The Balaban J connectivity index is 1.58. The fraction of sp³-hybridized carbons (Fsp3) is 0.0417. The highest BCUT2D eigenvalue weighted by Crippen LogP contribution is 2.31. The molecule has 30 heavy (non-hydrogen) atoms. The predicted octanol–water partition coefficient (Wildman–Crippen LogP) is 4.60. The molecule has 5 aromatic rings. The van der Waals surface area contributed by atoms with Gasteiger partial charge in [0.1, 0.15) is 18.3 Å². The number of nitrogens with two attached hydrogens (primary N) is 1. The number of nitrogen functional groups attached to an aromatic ring is 1. The fourth-order valence-corrected chi connectivity index (χ4v) is 3.61. The highest BCUT2D eigenvalue weighted by Gasteiger charge is 2.18. The molecule has 0 fully saturated rings. The van der Waals surface area contributed by atoms with Crippen molar-refractivity contribution in [1.29, 1.82) is 0 Å². The van der Waals surface area contributed by atoms with Crippen LogP contribution in [0, 0.1) is 0 Å². The van der Waals surface area contributed by atoms with Gasteiger partial charge in [0, 0.05) is 0 Å². The van der Waals surface area contributed by atoms with Crippen LogP contribution in [0.25, 0.3) is 16.9 Å². The second-order valence-corrected chi connectivity index (χ2v) is 6.96. The number of aromatic nitrogens is 4. The number of fused-ring (bicyclic) bond motifs is 1. The molecule has 0 bridgehead atoms. The maximum absolute atomic E-state index is 6.53. The highest BCUT2D eigenvalue weighted by molar-refractivity contribution is 5.80. The van der Waals surface area contributed by atoms with Gasteiger partial charge in [0.05, 0.1) is 17.1 Å². The molecule has 0 saturated carbocycles. The molecule has 3 aromatic carbocycles. The Morgan fingerprint density at radius 1 is 0.733 bits per heavy atom.